The lowest BCUT2D eigenvalue weighted by Crippen LogP contribution is -2.17. The molecule has 0 saturated carbocycles. The summed E-state index contributed by atoms with van der Waals surface area (Å²) in [5.74, 6) is 0.599. The van der Waals surface area contributed by atoms with Crippen molar-refractivity contribution >= 4 is 5.78 Å². The third-order valence-corrected chi connectivity index (χ3v) is 2.24. The minimum atomic E-state index is -0.284. The van der Waals surface area contributed by atoms with Gasteiger partial charge in [-0.15, -0.1) is 0 Å². The van der Waals surface area contributed by atoms with E-state index in [-0.39, 0.29) is 17.8 Å². The number of pyridine rings is 1. The minimum Gasteiger partial charge on any atom is -0.324 e. The van der Waals surface area contributed by atoms with Crippen LogP contribution in [0.15, 0.2) is 23.3 Å². The van der Waals surface area contributed by atoms with Crippen molar-refractivity contribution in [3.63, 3.8) is 0 Å². The Bertz CT molecular complexity index is 612. The molecule has 0 bridgehead atoms. The van der Waals surface area contributed by atoms with Gasteiger partial charge in [0.1, 0.15) is 23.6 Å². The number of carbonyl (C=O) groups excluding carboxylic acids is 1. The second kappa shape index (κ2) is 4.32. The number of carbonyl (C=O) groups is 1. The molecule has 17 heavy (non-hydrogen) atoms. The summed E-state index contributed by atoms with van der Waals surface area (Å²) in [5, 5.41) is 4.05. The molecule has 2 aromatic heterocycles. The Morgan fingerprint density at radius 2 is 2.24 bits per heavy atom. The van der Waals surface area contributed by atoms with E-state index in [4.69, 9.17) is 0 Å². The number of H-pyrrole nitrogens is 1. The van der Waals surface area contributed by atoms with E-state index in [0.29, 0.717) is 17.2 Å². The average Bonchev–Trinajstić information content (AvgIpc) is 2.64. The van der Waals surface area contributed by atoms with Gasteiger partial charge in [0.15, 0.2) is 0 Å². The summed E-state index contributed by atoms with van der Waals surface area (Å²) in [6, 6.07) is 3.33. The zero-order valence-corrected chi connectivity index (χ0v) is 9.60. The molecule has 2 rings (SSSR count). The molecule has 0 aliphatic heterocycles. The third kappa shape index (κ3) is 2.47. The molecule has 0 amide bonds. The van der Waals surface area contributed by atoms with Crippen LogP contribution in [0.25, 0.3) is 5.69 Å². The first-order valence-corrected chi connectivity index (χ1v) is 5.16. The van der Waals surface area contributed by atoms with Crippen molar-refractivity contribution in [3.05, 3.63) is 40.3 Å². The Morgan fingerprint density at radius 1 is 1.47 bits per heavy atom. The van der Waals surface area contributed by atoms with Crippen molar-refractivity contribution in [2.24, 2.45) is 0 Å². The van der Waals surface area contributed by atoms with Gasteiger partial charge in [-0.3, -0.25) is 9.59 Å². The predicted molar refractivity (Wildman–Crippen MR) is 61.1 cm³/mol. The van der Waals surface area contributed by atoms with Gasteiger partial charge in [-0.2, -0.15) is 5.10 Å². The molecule has 0 fully saturated rings. The molecule has 88 valence electrons. The number of nitrogens with zero attached hydrogens (tertiary/aromatic N) is 3. The Balaban J connectivity index is 2.38. The number of aryl methyl sites for hydroxylation is 1. The highest BCUT2D eigenvalue weighted by atomic mass is 16.1. The Hall–Kier alpha value is -2.24. The minimum absolute atomic E-state index is 0.00463. The summed E-state index contributed by atoms with van der Waals surface area (Å²) in [6.45, 7) is 3.22. The highest BCUT2D eigenvalue weighted by Crippen LogP contribution is 2.01. The molecule has 0 aliphatic rings. The summed E-state index contributed by atoms with van der Waals surface area (Å²) in [6.07, 6.45) is 1.70. The summed E-state index contributed by atoms with van der Waals surface area (Å²) in [7, 11) is 0. The highest BCUT2D eigenvalue weighted by Gasteiger charge is 2.06. The predicted octanol–water partition coefficient (Wildman–Crippen LogP) is 0.396. The zero-order chi connectivity index (χ0) is 12.4. The Labute approximate surface area is 97.3 Å². The van der Waals surface area contributed by atoms with Gasteiger partial charge in [0.25, 0.3) is 5.56 Å². The van der Waals surface area contributed by atoms with Gasteiger partial charge >= 0.3 is 0 Å². The quantitative estimate of drug-likeness (QED) is 0.830. The number of aromatic nitrogens is 4. The maximum atomic E-state index is 11.8. The van der Waals surface area contributed by atoms with Gasteiger partial charge in [0.05, 0.1) is 0 Å². The molecule has 0 atom stereocenters. The van der Waals surface area contributed by atoms with Gasteiger partial charge in [0.2, 0.25) is 0 Å². The first-order valence-electron chi connectivity index (χ1n) is 5.16. The monoisotopic (exact) mass is 232 g/mol. The summed E-state index contributed by atoms with van der Waals surface area (Å²) in [5.41, 5.74) is 0.703. The molecule has 1 N–H and O–H groups in total. The van der Waals surface area contributed by atoms with E-state index in [1.54, 1.807) is 19.1 Å². The smallest absolute Gasteiger partial charge is 0.274 e. The van der Waals surface area contributed by atoms with Crippen LogP contribution < -0.4 is 5.56 Å². The SMILES string of the molecule is CC(=O)Cc1ccc(-n2cnc(C)n2)c(=O)[nH]1. The van der Waals surface area contributed by atoms with Crippen LogP contribution in [0.3, 0.4) is 0 Å². The standard InChI is InChI=1S/C11H12N4O2/c1-7(16)5-9-3-4-10(11(17)13-9)15-6-12-8(2)14-15/h3-4,6H,5H2,1-2H3,(H,13,17). The molecule has 6 heteroatoms. The highest BCUT2D eigenvalue weighted by molar-refractivity contribution is 5.77. The molecule has 0 aromatic carbocycles. The maximum Gasteiger partial charge on any atom is 0.274 e. The van der Waals surface area contributed by atoms with Crippen molar-refractivity contribution < 1.29 is 4.79 Å². The van der Waals surface area contributed by atoms with E-state index in [1.165, 1.54) is 17.9 Å². The number of hydrogen-bond donors (Lipinski definition) is 1. The fraction of sp³-hybridized carbons (Fsp3) is 0.273. The normalized spacial score (nSPS) is 10.5. The van der Waals surface area contributed by atoms with Gasteiger partial charge in [0, 0.05) is 12.1 Å². The Morgan fingerprint density at radius 3 is 2.76 bits per heavy atom. The topological polar surface area (TPSA) is 80.6 Å². The van der Waals surface area contributed by atoms with Crippen molar-refractivity contribution in [3.8, 4) is 5.69 Å². The molecular weight excluding hydrogens is 220 g/mol. The third-order valence-electron chi connectivity index (χ3n) is 2.24. The maximum absolute atomic E-state index is 11.8. The fourth-order valence-corrected chi connectivity index (χ4v) is 1.52. The zero-order valence-electron chi connectivity index (χ0n) is 9.60. The number of aromatic amines is 1. The van der Waals surface area contributed by atoms with E-state index < -0.39 is 0 Å². The molecule has 0 saturated heterocycles. The van der Waals surface area contributed by atoms with E-state index in [9.17, 15) is 9.59 Å². The molecule has 0 radical (unpaired) electrons. The van der Waals surface area contributed by atoms with Crippen LogP contribution in [-0.4, -0.2) is 25.5 Å². The molecular formula is C11H12N4O2. The van der Waals surface area contributed by atoms with Gasteiger partial charge in [-0.05, 0) is 26.0 Å². The van der Waals surface area contributed by atoms with E-state index in [1.807, 2.05) is 0 Å². The second-order valence-electron chi connectivity index (χ2n) is 3.81. The van der Waals surface area contributed by atoms with Crippen LogP contribution in [0, 0.1) is 6.92 Å². The van der Waals surface area contributed by atoms with Gasteiger partial charge in [-0.25, -0.2) is 9.67 Å². The summed E-state index contributed by atoms with van der Waals surface area (Å²) < 4.78 is 1.41. The molecule has 0 unspecified atom stereocenters. The second-order valence-corrected chi connectivity index (χ2v) is 3.81. The number of nitrogens with one attached hydrogen (secondary N) is 1. The van der Waals surface area contributed by atoms with Gasteiger partial charge < -0.3 is 4.98 Å². The van der Waals surface area contributed by atoms with Crippen molar-refractivity contribution in [2.45, 2.75) is 20.3 Å². The lowest BCUT2D eigenvalue weighted by Gasteiger charge is -2.01. The first-order chi connectivity index (χ1) is 8.06. The lowest BCUT2D eigenvalue weighted by atomic mass is 10.2. The van der Waals surface area contributed by atoms with Gasteiger partial charge in [-0.1, -0.05) is 0 Å². The van der Waals surface area contributed by atoms with Crippen molar-refractivity contribution in [1.29, 1.82) is 0 Å². The number of ketones is 1. The van der Waals surface area contributed by atoms with Crippen LogP contribution in [-0.2, 0) is 11.2 Å². The first kappa shape index (κ1) is 11.3. The molecule has 6 nitrogen and oxygen atoms in total. The summed E-state index contributed by atoms with van der Waals surface area (Å²) in [4.78, 5) is 29.3. The molecule has 0 spiro atoms. The van der Waals surface area contributed by atoms with Crippen LogP contribution in [0.1, 0.15) is 18.4 Å². The Kier molecular flexibility index (Phi) is 2.86. The largest absolute Gasteiger partial charge is 0.324 e. The van der Waals surface area contributed by atoms with Crippen LogP contribution >= 0.6 is 0 Å². The van der Waals surface area contributed by atoms with E-state index in [2.05, 4.69) is 15.1 Å². The van der Waals surface area contributed by atoms with Crippen LogP contribution in [0.2, 0.25) is 0 Å². The average molecular weight is 232 g/mol. The fourth-order valence-electron chi connectivity index (χ4n) is 1.52. The van der Waals surface area contributed by atoms with Crippen molar-refractivity contribution in [1.82, 2.24) is 19.7 Å². The van der Waals surface area contributed by atoms with Crippen molar-refractivity contribution in [2.75, 3.05) is 0 Å². The summed E-state index contributed by atoms with van der Waals surface area (Å²) >= 11 is 0. The van der Waals surface area contributed by atoms with Crippen LogP contribution in [0.4, 0.5) is 0 Å². The van der Waals surface area contributed by atoms with Crippen LogP contribution in [0.5, 0.6) is 0 Å². The van der Waals surface area contributed by atoms with E-state index >= 15 is 0 Å². The number of hydrogen-bond acceptors (Lipinski definition) is 4. The van der Waals surface area contributed by atoms with E-state index in [0.717, 1.165) is 0 Å². The molecule has 2 aromatic rings. The molecule has 2 heterocycles. The lowest BCUT2D eigenvalue weighted by molar-refractivity contribution is -0.116. The number of rotatable bonds is 3. The molecule has 0 aliphatic carbocycles. The number of Topliss-reactive ketones (excluding diaryl/α,β-unsaturated/α-hetero) is 1.